The third kappa shape index (κ3) is 4.11. The molecule has 1 aliphatic carbocycles. The van der Waals surface area contributed by atoms with E-state index in [4.69, 9.17) is 0 Å². The smallest absolute Gasteiger partial charge is 0.00728 e. The summed E-state index contributed by atoms with van der Waals surface area (Å²) in [7, 11) is 0. The van der Waals surface area contributed by atoms with Gasteiger partial charge in [0.15, 0.2) is 0 Å². The summed E-state index contributed by atoms with van der Waals surface area (Å²) in [4.78, 5) is 0. The maximum absolute atomic E-state index is 2.50. The Bertz CT molecular complexity index is 426. The zero-order valence-corrected chi connectivity index (χ0v) is 14.8. The molecule has 0 radical (unpaired) electrons. The molecule has 0 spiro atoms. The summed E-state index contributed by atoms with van der Waals surface area (Å²) < 4.78 is 0. The van der Waals surface area contributed by atoms with Crippen LogP contribution in [-0.4, -0.2) is 0 Å². The lowest BCUT2D eigenvalue weighted by Crippen LogP contribution is -2.33. The molecule has 0 heterocycles. The van der Waals surface area contributed by atoms with Crippen molar-refractivity contribution in [2.45, 2.75) is 78.6 Å². The average Bonchev–Trinajstić information content (AvgIpc) is 2.51. The van der Waals surface area contributed by atoms with Gasteiger partial charge in [0.2, 0.25) is 0 Å². The van der Waals surface area contributed by atoms with E-state index in [1.807, 2.05) is 0 Å². The van der Waals surface area contributed by atoms with E-state index in [9.17, 15) is 0 Å². The van der Waals surface area contributed by atoms with Gasteiger partial charge in [0.25, 0.3) is 0 Å². The molecule has 21 heavy (non-hydrogen) atoms. The molecule has 3 atom stereocenters. The molecule has 1 saturated carbocycles. The highest BCUT2D eigenvalue weighted by Gasteiger charge is 2.35. The lowest BCUT2D eigenvalue weighted by atomic mass is 9.65. The van der Waals surface area contributed by atoms with E-state index in [1.165, 1.54) is 49.7 Å². The highest BCUT2D eigenvalue weighted by atomic mass is 14.4. The Morgan fingerprint density at radius 3 is 2.14 bits per heavy atom. The van der Waals surface area contributed by atoms with E-state index < -0.39 is 0 Å². The Balaban J connectivity index is 2.23. The van der Waals surface area contributed by atoms with Crippen LogP contribution in [0, 0.1) is 24.7 Å². The first-order chi connectivity index (χ1) is 9.91. The van der Waals surface area contributed by atoms with Crippen LogP contribution in [0.15, 0.2) is 24.3 Å². The molecule has 0 amide bonds. The summed E-state index contributed by atoms with van der Waals surface area (Å²) in [5.41, 5.74) is 3.18. The van der Waals surface area contributed by atoms with Crippen molar-refractivity contribution < 1.29 is 0 Å². The zero-order valence-electron chi connectivity index (χ0n) is 14.8. The second-order valence-corrected chi connectivity index (χ2v) is 8.14. The molecule has 1 aromatic rings. The standard InChI is InChI=1S/C21H34/c1-16-8-6-7-9-18(3)20(15-12-16)21(4,5)19-13-10-17(2)11-14-19/h10-11,13-14,16,18,20H,6-9,12,15H2,1-5H3. The van der Waals surface area contributed by atoms with E-state index in [-0.39, 0.29) is 5.41 Å². The van der Waals surface area contributed by atoms with Gasteiger partial charge in [-0.25, -0.2) is 0 Å². The monoisotopic (exact) mass is 286 g/mol. The summed E-state index contributed by atoms with van der Waals surface area (Å²) in [5, 5.41) is 0. The predicted molar refractivity (Wildman–Crippen MR) is 93.7 cm³/mol. The van der Waals surface area contributed by atoms with Crippen LogP contribution < -0.4 is 0 Å². The number of hydrogen-bond donors (Lipinski definition) is 0. The van der Waals surface area contributed by atoms with E-state index >= 15 is 0 Å². The minimum Gasteiger partial charge on any atom is -0.0625 e. The predicted octanol–water partition coefficient (Wildman–Crippen LogP) is 6.52. The molecular weight excluding hydrogens is 252 g/mol. The first-order valence-electron chi connectivity index (χ1n) is 8.98. The van der Waals surface area contributed by atoms with Gasteiger partial charge in [-0.1, -0.05) is 89.6 Å². The number of aryl methyl sites for hydroxylation is 1. The first kappa shape index (κ1) is 16.6. The van der Waals surface area contributed by atoms with Gasteiger partial charge >= 0.3 is 0 Å². The van der Waals surface area contributed by atoms with Crippen molar-refractivity contribution >= 4 is 0 Å². The normalized spacial score (nSPS) is 28.5. The molecule has 0 nitrogen and oxygen atoms in total. The molecule has 0 heteroatoms. The summed E-state index contributed by atoms with van der Waals surface area (Å²) in [6, 6.07) is 9.27. The summed E-state index contributed by atoms with van der Waals surface area (Å²) >= 11 is 0. The highest BCUT2D eigenvalue weighted by molar-refractivity contribution is 5.28. The van der Waals surface area contributed by atoms with Crippen LogP contribution >= 0.6 is 0 Å². The Morgan fingerprint density at radius 2 is 1.48 bits per heavy atom. The summed E-state index contributed by atoms with van der Waals surface area (Å²) in [6.07, 6.45) is 8.50. The van der Waals surface area contributed by atoms with Gasteiger partial charge in [0, 0.05) is 0 Å². The van der Waals surface area contributed by atoms with Gasteiger partial charge in [0.05, 0.1) is 0 Å². The molecule has 0 aromatic heterocycles. The Hall–Kier alpha value is -0.780. The SMILES string of the molecule is Cc1ccc(C(C)(C)C2CCC(C)CCCCC2C)cc1. The van der Waals surface area contributed by atoms with E-state index in [1.54, 1.807) is 0 Å². The van der Waals surface area contributed by atoms with Gasteiger partial charge in [0.1, 0.15) is 0 Å². The number of benzene rings is 1. The highest BCUT2D eigenvalue weighted by Crippen LogP contribution is 2.42. The van der Waals surface area contributed by atoms with E-state index in [0.29, 0.717) is 0 Å². The number of rotatable bonds is 2. The zero-order chi connectivity index (χ0) is 15.5. The topological polar surface area (TPSA) is 0 Å². The minimum absolute atomic E-state index is 0.289. The first-order valence-corrected chi connectivity index (χ1v) is 8.98. The molecule has 3 unspecified atom stereocenters. The molecule has 2 rings (SSSR count). The van der Waals surface area contributed by atoms with Crippen LogP contribution in [0.4, 0.5) is 0 Å². The van der Waals surface area contributed by atoms with Crippen molar-refractivity contribution in [3.05, 3.63) is 35.4 Å². The Kier molecular flexibility index (Phi) is 5.52. The number of hydrogen-bond acceptors (Lipinski definition) is 0. The maximum atomic E-state index is 2.50. The lowest BCUT2D eigenvalue weighted by Gasteiger charge is -2.39. The second-order valence-electron chi connectivity index (χ2n) is 8.14. The van der Waals surface area contributed by atoms with Crippen LogP contribution in [0.25, 0.3) is 0 Å². The van der Waals surface area contributed by atoms with E-state index in [2.05, 4.69) is 58.9 Å². The fourth-order valence-corrected chi connectivity index (χ4v) is 4.32. The van der Waals surface area contributed by atoms with Crippen LogP contribution in [0.2, 0.25) is 0 Å². The van der Waals surface area contributed by atoms with Crippen LogP contribution in [0.5, 0.6) is 0 Å². The molecule has 0 N–H and O–H groups in total. The maximum Gasteiger partial charge on any atom is -0.00728 e. The van der Waals surface area contributed by atoms with Crippen LogP contribution in [0.1, 0.15) is 77.3 Å². The Labute approximate surface area is 132 Å². The average molecular weight is 287 g/mol. The molecule has 1 fully saturated rings. The van der Waals surface area contributed by atoms with Gasteiger partial charge in [-0.05, 0) is 42.1 Å². The minimum atomic E-state index is 0.289. The molecule has 0 aliphatic heterocycles. The van der Waals surface area contributed by atoms with Crippen molar-refractivity contribution in [1.29, 1.82) is 0 Å². The molecule has 118 valence electrons. The molecule has 1 aliphatic rings. The van der Waals surface area contributed by atoms with Crippen molar-refractivity contribution in [1.82, 2.24) is 0 Å². The Morgan fingerprint density at radius 1 is 0.857 bits per heavy atom. The van der Waals surface area contributed by atoms with E-state index in [0.717, 1.165) is 17.8 Å². The van der Waals surface area contributed by atoms with Gasteiger partial charge in [-0.3, -0.25) is 0 Å². The van der Waals surface area contributed by atoms with Gasteiger partial charge < -0.3 is 0 Å². The van der Waals surface area contributed by atoms with Gasteiger partial charge in [-0.15, -0.1) is 0 Å². The van der Waals surface area contributed by atoms with Crippen LogP contribution in [-0.2, 0) is 5.41 Å². The van der Waals surface area contributed by atoms with Crippen molar-refractivity contribution in [3.8, 4) is 0 Å². The van der Waals surface area contributed by atoms with Crippen molar-refractivity contribution in [2.24, 2.45) is 17.8 Å². The lowest BCUT2D eigenvalue weighted by molar-refractivity contribution is 0.194. The third-order valence-corrected chi connectivity index (χ3v) is 5.99. The molecule has 0 saturated heterocycles. The largest absolute Gasteiger partial charge is 0.0625 e. The fourth-order valence-electron chi connectivity index (χ4n) is 4.32. The summed E-state index contributed by atoms with van der Waals surface area (Å²) in [6.45, 7) is 12.1. The molecular formula is C21H34. The van der Waals surface area contributed by atoms with Crippen molar-refractivity contribution in [2.75, 3.05) is 0 Å². The van der Waals surface area contributed by atoms with Crippen LogP contribution in [0.3, 0.4) is 0 Å². The summed E-state index contributed by atoms with van der Waals surface area (Å²) in [5.74, 6) is 2.55. The molecule has 1 aromatic carbocycles. The quantitative estimate of drug-likeness (QED) is 0.581. The second kappa shape index (κ2) is 6.99. The van der Waals surface area contributed by atoms with Crippen molar-refractivity contribution in [3.63, 3.8) is 0 Å². The third-order valence-electron chi connectivity index (χ3n) is 5.99. The van der Waals surface area contributed by atoms with Gasteiger partial charge in [-0.2, -0.15) is 0 Å². The fraction of sp³-hybridized carbons (Fsp3) is 0.714. The molecule has 0 bridgehead atoms.